The Labute approximate surface area is 81.8 Å². The number of carbonyl (C=O) groups excluding carboxylic acids is 1. The van der Waals surface area contributed by atoms with E-state index in [0.717, 1.165) is 23.5 Å². The number of nitrogens with zero attached hydrogens (tertiary/aromatic N) is 1. The molecule has 2 nitrogen and oxygen atoms in total. The summed E-state index contributed by atoms with van der Waals surface area (Å²) in [6.45, 7) is 1.61. The fourth-order valence-corrected chi connectivity index (χ4v) is 2.57. The standard InChI is InChI=1S/C10H11NOS/c1-7(12)10-5-11-4-8-6-13-3-2-9(8)10/h4-5H,2-3,6H2,1H3. The normalized spacial score (nSPS) is 15.2. The largest absolute Gasteiger partial charge is 0.294 e. The Balaban J connectivity index is 2.52. The van der Waals surface area contributed by atoms with Crippen molar-refractivity contribution in [1.29, 1.82) is 0 Å². The molecule has 13 heavy (non-hydrogen) atoms. The highest BCUT2D eigenvalue weighted by molar-refractivity contribution is 7.98. The van der Waals surface area contributed by atoms with Crippen LogP contribution in [0.3, 0.4) is 0 Å². The molecule has 1 aliphatic rings. The number of aromatic nitrogens is 1. The van der Waals surface area contributed by atoms with Crippen LogP contribution in [0.1, 0.15) is 28.4 Å². The van der Waals surface area contributed by atoms with Crippen molar-refractivity contribution in [2.45, 2.75) is 19.1 Å². The lowest BCUT2D eigenvalue weighted by molar-refractivity contribution is 0.101. The van der Waals surface area contributed by atoms with E-state index in [1.54, 1.807) is 13.1 Å². The molecule has 0 aliphatic carbocycles. The van der Waals surface area contributed by atoms with Crippen LogP contribution in [0.2, 0.25) is 0 Å². The Hall–Kier alpha value is -0.830. The topological polar surface area (TPSA) is 30.0 Å². The Bertz CT molecular complexity index is 349. The summed E-state index contributed by atoms with van der Waals surface area (Å²) in [5.74, 6) is 2.26. The number of Topliss-reactive ketones (excluding diaryl/α,β-unsaturated/α-hetero) is 1. The Morgan fingerprint density at radius 1 is 1.54 bits per heavy atom. The minimum absolute atomic E-state index is 0.135. The zero-order valence-corrected chi connectivity index (χ0v) is 8.36. The van der Waals surface area contributed by atoms with Gasteiger partial charge >= 0.3 is 0 Å². The van der Waals surface area contributed by atoms with Crippen LogP contribution in [0.4, 0.5) is 0 Å². The van der Waals surface area contributed by atoms with E-state index >= 15 is 0 Å². The van der Waals surface area contributed by atoms with E-state index < -0.39 is 0 Å². The Morgan fingerprint density at radius 2 is 2.38 bits per heavy atom. The minimum atomic E-state index is 0.135. The van der Waals surface area contributed by atoms with Crippen molar-refractivity contribution < 1.29 is 4.79 Å². The molecule has 0 saturated heterocycles. The average molecular weight is 193 g/mol. The van der Waals surface area contributed by atoms with Crippen LogP contribution in [0.5, 0.6) is 0 Å². The second-order valence-corrected chi connectivity index (χ2v) is 4.29. The molecule has 3 heteroatoms. The molecule has 0 spiro atoms. The molecular weight excluding hydrogens is 182 g/mol. The smallest absolute Gasteiger partial charge is 0.161 e. The van der Waals surface area contributed by atoms with Crippen molar-refractivity contribution in [2.24, 2.45) is 0 Å². The van der Waals surface area contributed by atoms with Crippen LogP contribution in [0, 0.1) is 0 Å². The van der Waals surface area contributed by atoms with Gasteiger partial charge in [-0.1, -0.05) is 0 Å². The molecular formula is C10H11NOS. The predicted octanol–water partition coefficient (Wildman–Crippen LogP) is 2.07. The van der Waals surface area contributed by atoms with Crippen LogP contribution in [-0.2, 0) is 12.2 Å². The van der Waals surface area contributed by atoms with Crippen molar-refractivity contribution in [3.63, 3.8) is 0 Å². The third kappa shape index (κ3) is 1.61. The highest BCUT2D eigenvalue weighted by Crippen LogP contribution is 2.26. The maximum atomic E-state index is 11.3. The van der Waals surface area contributed by atoms with E-state index in [2.05, 4.69) is 4.98 Å². The summed E-state index contributed by atoms with van der Waals surface area (Å²) in [4.78, 5) is 15.4. The molecule has 68 valence electrons. The summed E-state index contributed by atoms with van der Waals surface area (Å²) in [6.07, 6.45) is 4.59. The SMILES string of the molecule is CC(=O)c1cncc2c1CCSC2. The average Bonchev–Trinajstić information content (AvgIpc) is 2.17. The van der Waals surface area contributed by atoms with E-state index in [0.29, 0.717) is 0 Å². The molecule has 1 aromatic heterocycles. The number of hydrogen-bond donors (Lipinski definition) is 0. The first-order valence-electron chi connectivity index (χ1n) is 4.33. The summed E-state index contributed by atoms with van der Waals surface area (Å²) in [6, 6.07) is 0. The van der Waals surface area contributed by atoms with Gasteiger partial charge in [-0.15, -0.1) is 0 Å². The van der Waals surface area contributed by atoms with Crippen molar-refractivity contribution in [3.8, 4) is 0 Å². The lowest BCUT2D eigenvalue weighted by Crippen LogP contribution is -2.09. The maximum Gasteiger partial charge on any atom is 0.161 e. The molecule has 0 amide bonds. The van der Waals surface area contributed by atoms with Crippen LogP contribution in [0.15, 0.2) is 12.4 Å². The number of fused-ring (bicyclic) bond motifs is 1. The highest BCUT2D eigenvalue weighted by atomic mass is 32.2. The van der Waals surface area contributed by atoms with E-state index in [-0.39, 0.29) is 5.78 Å². The number of hydrogen-bond acceptors (Lipinski definition) is 3. The number of carbonyl (C=O) groups is 1. The van der Waals surface area contributed by atoms with E-state index in [9.17, 15) is 4.79 Å². The molecule has 0 unspecified atom stereocenters. The molecule has 0 fully saturated rings. The summed E-state index contributed by atoms with van der Waals surface area (Å²) in [7, 11) is 0. The molecule has 0 atom stereocenters. The molecule has 2 heterocycles. The van der Waals surface area contributed by atoms with Gasteiger partial charge < -0.3 is 0 Å². The molecule has 0 radical (unpaired) electrons. The molecule has 0 bridgehead atoms. The van der Waals surface area contributed by atoms with E-state index in [4.69, 9.17) is 0 Å². The number of rotatable bonds is 1. The summed E-state index contributed by atoms with van der Waals surface area (Å²) in [5, 5.41) is 0. The van der Waals surface area contributed by atoms with Gasteiger partial charge in [0.1, 0.15) is 0 Å². The Morgan fingerprint density at radius 3 is 3.15 bits per heavy atom. The van der Waals surface area contributed by atoms with Crippen LogP contribution in [-0.4, -0.2) is 16.5 Å². The first-order chi connectivity index (χ1) is 6.29. The maximum absolute atomic E-state index is 11.3. The first kappa shape index (κ1) is 8.75. The van der Waals surface area contributed by atoms with E-state index in [1.807, 2.05) is 18.0 Å². The van der Waals surface area contributed by atoms with Gasteiger partial charge in [0.15, 0.2) is 5.78 Å². The van der Waals surface area contributed by atoms with Gasteiger partial charge in [-0.3, -0.25) is 9.78 Å². The second kappa shape index (κ2) is 3.50. The van der Waals surface area contributed by atoms with E-state index in [1.165, 1.54) is 11.1 Å². The fraction of sp³-hybridized carbons (Fsp3) is 0.400. The number of thioether (sulfide) groups is 1. The second-order valence-electron chi connectivity index (χ2n) is 3.18. The first-order valence-corrected chi connectivity index (χ1v) is 5.49. The lowest BCUT2D eigenvalue weighted by atomic mass is 10.0. The molecule has 1 aliphatic heterocycles. The number of ketones is 1. The van der Waals surface area contributed by atoms with Gasteiger partial charge in [-0.25, -0.2) is 0 Å². The van der Waals surface area contributed by atoms with Crippen LogP contribution >= 0.6 is 11.8 Å². The monoisotopic (exact) mass is 193 g/mol. The quantitative estimate of drug-likeness (QED) is 0.639. The molecule has 2 rings (SSSR count). The minimum Gasteiger partial charge on any atom is -0.294 e. The molecule has 0 saturated carbocycles. The summed E-state index contributed by atoms with van der Waals surface area (Å²) in [5.41, 5.74) is 3.28. The van der Waals surface area contributed by atoms with Crippen LogP contribution < -0.4 is 0 Å². The van der Waals surface area contributed by atoms with Gasteiger partial charge in [-0.2, -0.15) is 11.8 Å². The van der Waals surface area contributed by atoms with Crippen molar-refractivity contribution in [3.05, 3.63) is 29.1 Å². The Kier molecular flexibility index (Phi) is 2.36. The van der Waals surface area contributed by atoms with Crippen molar-refractivity contribution in [1.82, 2.24) is 4.98 Å². The third-order valence-electron chi connectivity index (χ3n) is 2.28. The third-order valence-corrected chi connectivity index (χ3v) is 3.29. The van der Waals surface area contributed by atoms with Gasteiger partial charge in [0.05, 0.1) is 0 Å². The summed E-state index contributed by atoms with van der Waals surface area (Å²) >= 11 is 1.91. The molecule has 1 aromatic rings. The van der Waals surface area contributed by atoms with Gasteiger partial charge in [-0.05, 0) is 30.2 Å². The van der Waals surface area contributed by atoms with Crippen molar-refractivity contribution in [2.75, 3.05) is 5.75 Å². The van der Waals surface area contributed by atoms with Gasteiger partial charge in [0.25, 0.3) is 0 Å². The lowest BCUT2D eigenvalue weighted by Gasteiger charge is -2.16. The zero-order valence-electron chi connectivity index (χ0n) is 7.54. The summed E-state index contributed by atoms with van der Waals surface area (Å²) < 4.78 is 0. The highest BCUT2D eigenvalue weighted by Gasteiger charge is 2.15. The fourth-order valence-electron chi connectivity index (χ4n) is 1.61. The predicted molar refractivity (Wildman–Crippen MR) is 54.1 cm³/mol. The van der Waals surface area contributed by atoms with Gasteiger partial charge in [0.2, 0.25) is 0 Å². The van der Waals surface area contributed by atoms with Gasteiger partial charge in [0, 0.05) is 23.7 Å². The zero-order chi connectivity index (χ0) is 9.26. The molecule has 0 N–H and O–H groups in total. The molecule has 0 aromatic carbocycles. The number of pyridine rings is 1. The van der Waals surface area contributed by atoms with Crippen LogP contribution in [0.25, 0.3) is 0 Å². The van der Waals surface area contributed by atoms with Crippen molar-refractivity contribution >= 4 is 17.5 Å².